The van der Waals surface area contributed by atoms with Gasteiger partial charge in [0.2, 0.25) is 5.91 Å². The largest absolute Gasteiger partial charge is 0.342 e. The van der Waals surface area contributed by atoms with Crippen molar-refractivity contribution in [1.82, 2.24) is 25.4 Å². The molecule has 2 fully saturated rings. The molecule has 1 amide bonds. The molecule has 1 aromatic heterocycles. The minimum atomic E-state index is 0. The summed E-state index contributed by atoms with van der Waals surface area (Å²) in [5.74, 6) is 2.37. The van der Waals surface area contributed by atoms with E-state index in [1.807, 2.05) is 30.3 Å². The third-order valence-electron chi connectivity index (χ3n) is 5.63. The summed E-state index contributed by atoms with van der Waals surface area (Å²) in [6, 6.07) is 10.4. The van der Waals surface area contributed by atoms with Crippen molar-refractivity contribution in [2.24, 2.45) is 5.92 Å². The highest BCUT2D eigenvalue weighted by Crippen LogP contribution is 2.28. The summed E-state index contributed by atoms with van der Waals surface area (Å²) in [6.07, 6.45) is 3.97. The fourth-order valence-corrected chi connectivity index (χ4v) is 4.19. The Morgan fingerprint density at radius 1 is 1.22 bits per heavy atom. The molecule has 7 heteroatoms. The van der Waals surface area contributed by atoms with Crippen LogP contribution in [0.5, 0.6) is 0 Å². The second kappa shape index (κ2) is 8.85. The summed E-state index contributed by atoms with van der Waals surface area (Å²) in [7, 11) is 0. The number of nitrogens with zero attached hydrogens (tertiary/aromatic N) is 3. The predicted molar refractivity (Wildman–Crippen MR) is 108 cm³/mol. The zero-order valence-corrected chi connectivity index (χ0v) is 16.5. The molecule has 3 heterocycles. The van der Waals surface area contributed by atoms with Crippen LogP contribution in [0.4, 0.5) is 0 Å². The third-order valence-corrected chi connectivity index (χ3v) is 5.63. The highest BCUT2D eigenvalue weighted by molar-refractivity contribution is 5.85. The van der Waals surface area contributed by atoms with Gasteiger partial charge >= 0.3 is 0 Å². The average molecular weight is 390 g/mol. The van der Waals surface area contributed by atoms with Crippen molar-refractivity contribution < 1.29 is 4.79 Å². The van der Waals surface area contributed by atoms with Gasteiger partial charge in [-0.25, -0.2) is 4.98 Å². The number of likely N-dealkylation sites (tertiary alicyclic amines) is 1. The SMILES string of the molecule is C[C@H]1C[C@@H](C(=O)N2CCCC(c3nc(-c4ccccc4)n[nH]3)C2)CCN1.Cl. The number of halogens is 1. The monoisotopic (exact) mass is 389 g/mol. The first kappa shape index (κ1) is 19.8. The maximum Gasteiger partial charge on any atom is 0.225 e. The molecule has 1 unspecified atom stereocenters. The summed E-state index contributed by atoms with van der Waals surface area (Å²) in [4.78, 5) is 19.7. The van der Waals surface area contributed by atoms with Crippen LogP contribution >= 0.6 is 12.4 Å². The average Bonchev–Trinajstić information content (AvgIpc) is 3.18. The first-order chi connectivity index (χ1) is 12.7. The van der Waals surface area contributed by atoms with Crippen molar-refractivity contribution in [2.75, 3.05) is 19.6 Å². The Labute approximate surface area is 166 Å². The summed E-state index contributed by atoms with van der Waals surface area (Å²) >= 11 is 0. The Bertz CT molecular complexity index is 750. The fraction of sp³-hybridized carbons (Fsp3) is 0.550. The molecule has 1 aromatic carbocycles. The van der Waals surface area contributed by atoms with Gasteiger partial charge in [0, 0.05) is 36.5 Å². The lowest BCUT2D eigenvalue weighted by molar-refractivity contribution is -0.138. The minimum absolute atomic E-state index is 0. The predicted octanol–water partition coefficient (Wildman–Crippen LogP) is 2.99. The Hall–Kier alpha value is -1.92. The highest BCUT2D eigenvalue weighted by atomic mass is 35.5. The van der Waals surface area contributed by atoms with Crippen molar-refractivity contribution >= 4 is 18.3 Å². The van der Waals surface area contributed by atoms with E-state index in [0.717, 1.165) is 62.5 Å². The van der Waals surface area contributed by atoms with Gasteiger partial charge in [-0.15, -0.1) is 12.4 Å². The van der Waals surface area contributed by atoms with Crippen molar-refractivity contribution in [2.45, 2.75) is 44.6 Å². The van der Waals surface area contributed by atoms with Crippen LogP contribution in [0.3, 0.4) is 0 Å². The third kappa shape index (κ3) is 4.50. The number of piperidine rings is 2. The number of rotatable bonds is 3. The van der Waals surface area contributed by atoms with Gasteiger partial charge in [0.1, 0.15) is 5.82 Å². The van der Waals surface area contributed by atoms with Gasteiger partial charge in [0.05, 0.1) is 0 Å². The topological polar surface area (TPSA) is 73.9 Å². The lowest BCUT2D eigenvalue weighted by atomic mass is 9.90. The van der Waals surface area contributed by atoms with Crippen molar-refractivity contribution in [3.8, 4) is 11.4 Å². The number of amides is 1. The lowest BCUT2D eigenvalue weighted by Gasteiger charge is -2.36. The van der Waals surface area contributed by atoms with E-state index in [-0.39, 0.29) is 24.2 Å². The Balaban J connectivity index is 0.00000210. The van der Waals surface area contributed by atoms with E-state index in [0.29, 0.717) is 11.9 Å². The van der Waals surface area contributed by atoms with Crippen LogP contribution in [-0.2, 0) is 4.79 Å². The molecule has 0 aliphatic carbocycles. The zero-order chi connectivity index (χ0) is 17.9. The first-order valence-electron chi connectivity index (χ1n) is 9.70. The molecular weight excluding hydrogens is 362 g/mol. The van der Waals surface area contributed by atoms with E-state index >= 15 is 0 Å². The van der Waals surface area contributed by atoms with Crippen LogP contribution in [0, 0.1) is 5.92 Å². The van der Waals surface area contributed by atoms with E-state index in [9.17, 15) is 4.79 Å². The molecule has 0 radical (unpaired) electrons. The summed E-state index contributed by atoms with van der Waals surface area (Å²) in [6.45, 7) is 4.73. The number of hydrogen-bond acceptors (Lipinski definition) is 4. The van der Waals surface area contributed by atoms with Gasteiger partial charge in [-0.05, 0) is 39.2 Å². The van der Waals surface area contributed by atoms with Gasteiger partial charge in [0.25, 0.3) is 0 Å². The standard InChI is InChI=1S/C20H27N5O.ClH/c1-14-12-16(9-10-21-14)20(26)25-11-5-8-17(13-25)19-22-18(23-24-19)15-6-3-2-4-7-15;/h2-4,6-7,14,16-17,21H,5,8-13H2,1H3,(H,22,23,24);1H/t14-,16-,17?;/m0./s1. The molecular formula is C20H28ClN5O. The second-order valence-corrected chi connectivity index (χ2v) is 7.61. The molecule has 3 atom stereocenters. The Morgan fingerprint density at radius 3 is 2.81 bits per heavy atom. The van der Waals surface area contributed by atoms with Crippen LogP contribution in [0.1, 0.15) is 44.3 Å². The molecule has 2 saturated heterocycles. The summed E-state index contributed by atoms with van der Waals surface area (Å²) < 4.78 is 0. The van der Waals surface area contributed by atoms with Gasteiger partial charge in [-0.3, -0.25) is 9.89 Å². The number of benzene rings is 1. The van der Waals surface area contributed by atoms with Crippen molar-refractivity contribution in [3.63, 3.8) is 0 Å². The van der Waals surface area contributed by atoms with Crippen LogP contribution < -0.4 is 5.32 Å². The number of nitrogens with one attached hydrogen (secondary N) is 2. The van der Waals surface area contributed by atoms with Gasteiger partial charge < -0.3 is 10.2 Å². The molecule has 2 aliphatic rings. The number of H-pyrrole nitrogens is 1. The number of aromatic nitrogens is 3. The summed E-state index contributed by atoms with van der Waals surface area (Å²) in [5, 5.41) is 10.9. The van der Waals surface area contributed by atoms with Crippen LogP contribution in [0.15, 0.2) is 30.3 Å². The van der Waals surface area contributed by atoms with Crippen LogP contribution in [-0.4, -0.2) is 51.7 Å². The quantitative estimate of drug-likeness (QED) is 0.846. The Morgan fingerprint density at radius 2 is 2.04 bits per heavy atom. The Kier molecular flexibility index (Phi) is 6.50. The first-order valence-corrected chi connectivity index (χ1v) is 9.70. The summed E-state index contributed by atoms with van der Waals surface area (Å²) in [5.41, 5.74) is 1.02. The molecule has 4 rings (SSSR count). The lowest BCUT2D eigenvalue weighted by Crippen LogP contribution is -2.47. The zero-order valence-electron chi connectivity index (χ0n) is 15.7. The van der Waals surface area contributed by atoms with Gasteiger partial charge in [-0.1, -0.05) is 30.3 Å². The van der Waals surface area contributed by atoms with Crippen LogP contribution in [0.25, 0.3) is 11.4 Å². The number of hydrogen-bond donors (Lipinski definition) is 2. The smallest absolute Gasteiger partial charge is 0.225 e. The number of carbonyl (C=O) groups is 1. The molecule has 0 bridgehead atoms. The maximum absolute atomic E-state index is 13.0. The maximum atomic E-state index is 13.0. The molecule has 27 heavy (non-hydrogen) atoms. The molecule has 0 spiro atoms. The van der Waals surface area contributed by atoms with E-state index < -0.39 is 0 Å². The molecule has 2 aliphatic heterocycles. The van der Waals surface area contributed by atoms with Gasteiger partial charge in [0.15, 0.2) is 5.82 Å². The number of carbonyl (C=O) groups excluding carboxylic acids is 1. The van der Waals surface area contributed by atoms with Gasteiger partial charge in [-0.2, -0.15) is 5.10 Å². The minimum Gasteiger partial charge on any atom is -0.342 e. The van der Waals surface area contributed by atoms with E-state index in [2.05, 4.69) is 27.3 Å². The van der Waals surface area contributed by atoms with Crippen molar-refractivity contribution in [3.05, 3.63) is 36.2 Å². The molecule has 0 saturated carbocycles. The van der Waals surface area contributed by atoms with Crippen LogP contribution in [0.2, 0.25) is 0 Å². The van der Waals surface area contributed by atoms with E-state index in [1.165, 1.54) is 0 Å². The van der Waals surface area contributed by atoms with E-state index in [1.54, 1.807) is 0 Å². The second-order valence-electron chi connectivity index (χ2n) is 7.61. The molecule has 6 nitrogen and oxygen atoms in total. The normalized spacial score (nSPS) is 25.7. The molecule has 146 valence electrons. The highest BCUT2D eigenvalue weighted by Gasteiger charge is 2.32. The van der Waals surface area contributed by atoms with Crippen molar-refractivity contribution in [1.29, 1.82) is 0 Å². The molecule has 2 N–H and O–H groups in total. The van der Waals surface area contributed by atoms with E-state index in [4.69, 9.17) is 4.98 Å². The number of aromatic amines is 1. The fourth-order valence-electron chi connectivity index (χ4n) is 4.19. The molecule has 2 aromatic rings.